The lowest BCUT2D eigenvalue weighted by molar-refractivity contribution is 0.112. The minimum Gasteiger partial charge on any atom is -0.486 e. The third kappa shape index (κ3) is 2.67. The number of carbonyl (C=O) groups excluding carboxylic acids is 1. The van der Waals surface area contributed by atoms with Crippen molar-refractivity contribution in [2.75, 3.05) is 0 Å². The van der Waals surface area contributed by atoms with E-state index < -0.39 is 5.82 Å². The molecule has 0 fully saturated rings. The third-order valence-electron chi connectivity index (χ3n) is 2.73. The van der Waals surface area contributed by atoms with Crippen molar-refractivity contribution in [2.45, 2.75) is 6.61 Å². The summed E-state index contributed by atoms with van der Waals surface area (Å²) in [6.07, 6.45) is 0.591. The summed E-state index contributed by atoms with van der Waals surface area (Å²) in [5.41, 5.74) is 1.17. The third-order valence-corrected chi connectivity index (χ3v) is 3.74. The minimum atomic E-state index is -0.492. The number of ether oxygens (including phenoxy) is 1. The maximum Gasteiger partial charge on any atom is 0.150 e. The molecule has 0 aliphatic carbocycles. The molecule has 0 unspecified atom stereocenters. The number of thiazole rings is 1. The Hall–Kier alpha value is -2.27. The van der Waals surface area contributed by atoms with E-state index in [9.17, 15) is 9.18 Å². The lowest BCUT2D eigenvalue weighted by Crippen LogP contribution is -1.96. The molecule has 5 heteroatoms. The van der Waals surface area contributed by atoms with Crippen LogP contribution in [0.25, 0.3) is 10.2 Å². The van der Waals surface area contributed by atoms with Crippen LogP contribution in [0.4, 0.5) is 4.39 Å². The smallest absolute Gasteiger partial charge is 0.150 e. The Balaban J connectivity index is 1.78. The zero-order chi connectivity index (χ0) is 13.9. The van der Waals surface area contributed by atoms with Crippen molar-refractivity contribution in [3.8, 4) is 5.75 Å². The fraction of sp³-hybridized carbons (Fsp3) is 0.0667. The Bertz CT molecular complexity index is 736. The standard InChI is InChI=1S/C15H10FNO2S/c16-11-5-10(8-18)6-12(7-11)19-9-15-17-13-3-1-2-4-14(13)20-15/h1-8H,9H2. The molecule has 20 heavy (non-hydrogen) atoms. The molecule has 3 rings (SSSR count). The van der Waals surface area contributed by atoms with E-state index in [0.717, 1.165) is 21.3 Å². The first-order chi connectivity index (χ1) is 9.74. The number of hydrogen-bond acceptors (Lipinski definition) is 4. The first-order valence-electron chi connectivity index (χ1n) is 5.97. The number of halogens is 1. The zero-order valence-electron chi connectivity index (χ0n) is 10.4. The monoisotopic (exact) mass is 287 g/mol. The van der Waals surface area contributed by atoms with Crippen LogP contribution in [0.5, 0.6) is 5.75 Å². The topological polar surface area (TPSA) is 39.2 Å². The Kier molecular flexibility index (Phi) is 3.43. The van der Waals surface area contributed by atoms with Crippen molar-refractivity contribution in [2.24, 2.45) is 0 Å². The average Bonchev–Trinajstić information content (AvgIpc) is 2.87. The molecule has 0 aliphatic rings. The molecule has 2 aromatic carbocycles. The molecular formula is C15H10FNO2S. The zero-order valence-corrected chi connectivity index (χ0v) is 11.2. The van der Waals surface area contributed by atoms with Gasteiger partial charge in [0.25, 0.3) is 0 Å². The van der Waals surface area contributed by atoms with E-state index in [1.807, 2.05) is 24.3 Å². The molecule has 1 aromatic heterocycles. The van der Waals surface area contributed by atoms with E-state index in [4.69, 9.17) is 4.74 Å². The molecule has 100 valence electrons. The molecule has 0 bridgehead atoms. The fourth-order valence-electron chi connectivity index (χ4n) is 1.86. The minimum absolute atomic E-state index is 0.251. The summed E-state index contributed by atoms with van der Waals surface area (Å²) in [6, 6.07) is 11.7. The number of hydrogen-bond donors (Lipinski definition) is 0. The second-order valence-electron chi connectivity index (χ2n) is 4.20. The van der Waals surface area contributed by atoms with Gasteiger partial charge in [0.2, 0.25) is 0 Å². The summed E-state index contributed by atoms with van der Waals surface area (Å²) >= 11 is 1.53. The van der Waals surface area contributed by atoms with Crippen molar-refractivity contribution >= 4 is 27.8 Å². The molecule has 0 N–H and O–H groups in total. The van der Waals surface area contributed by atoms with Crippen LogP contribution in [0.15, 0.2) is 42.5 Å². The van der Waals surface area contributed by atoms with Crippen LogP contribution in [0.1, 0.15) is 15.4 Å². The molecule has 0 aliphatic heterocycles. The van der Waals surface area contributed by atoms with Gasteiger partial charge in [0.05, 0.1) is 10.2 Å². The maximum atomic E-state index is 13.3. The van der Waals surface area contributed by atoms with Crippen molar-refractivity contribution in [3.05, 3.63) is 58.9 Å². The molecule has 0 saturated heterocycles. The largest absolute Gasteiger partial charge is 0.486 e. The van der Waals surface area contributed by atoms with Crippen molar-refractivity contribution in [1.82, 2.24) is 4.98 Å². The highest BCUT2D eigenvalue weighted by atomic mass is 32.1. The van der Waals surface area contributed by atoms with Crippen LogP contribution in [0.2, 0.25) is 0 Å². The van der Waals surface area contributed by atoms with E-state index in [0.29, 0.717) is 12.0 Å². The van der Waals surface area contributed by atoms with E-state index >= 15 is 0 Å². The van der Waals surface area contributed by atoms with Crippen molar-refractivity contribution in [1.29, 1.82) is 0 Å². The second kappa shape index (κ2) is 5.38. The SMILES string of the molecule is O=Cc1cc(F)cc(OCc2nc3ccccc3s2)c1. The number of benzene rings is 2. The predicted octanol–water partition coefficient (Wildman–Crippen LogP) is 3.83. The van der Waals surface area contributed by atoms with Crippen LogP contribution in [0, 0.1) is 5.82 Å². The molecule has 0 atom stereocenters. The van der Waals surface area contributed by atoms with Gasteiger partial charge in [-0.2, -0.15) is 0 Å². The number of aldehydes is 1. The Labute approximate surface area is 118 Å². The quantitative estimate of drug-likeness (QED) is 0.685. The Morgan fingerprint density at radius 2 is 2.10 bits per heavy atom. The predicted molar refractivity (Wildman–Crippen MR) is 75.7 cm³/mol. The van der Waals surface area contributed by atoms with Gasteiger partial charge in [-0.25, -0.2) is 9.37 Å². The molecular weight excluding hydrogens is 277 g/mol. The molecule has 0 radical (unpaired) electrons. The van der Waals surface area contributed by atoms with Gasteiger partial charge in [-0.15, -0.1) is 11.3 Å². The number of para-hydroxylation sites is 1. The lowest BCUT2D eigenvalue weighted by Gasteiger charge is -2.04. The van der Waals surface area contributed by atoms with Gasteiger partial charge in [-0.1, -0.05) is 12.1 Å². The highest BCUT2D eigenvalue weighted by Gasteiger charge is 2.06. The van der Waals surface area contributed by atoms with E-state index in [1.54, 1.807) is 0 Å². The molecule has 0 saturated carbocycles. The number of aromatic nitrogens is 1. The van der Waals surface area contributed by atoms with E-state index in [2.05, 4.69) is 4.98 Å². The molecule has 0 spiro atoms. The molecule has 3 aromatic rings. The summed E-state index contributed by atoms with van der Waals surface area (Å²) < 4.78 is 19.8. The van der Waals surface area contributed by atoms with E-state index in [1.165, 1.54) is 23.5 Å². The average molecular weight is 287 g/mol. The first kappa shape index (κ1) is 12.7. The lowest BCUT2D eigenvalue weighted by atomic mass is 10.2. The maximum absolute atomic E-state index is 13.3. The van der Waals surface area contributed by atoms with Gasteiger partial charge in [0.1, 0.15) is 29.5 Å². The van der Waals surface area contributed by atoms with Crippen LogP contribution in [-0.2, 0) is 6.61 Å². The molecule has 3 nitrogen and oxygen atoms in total. The number of nitrogens with zero attached hydrogens (tertiary/aromatic N) is 1. The summed E-state index contributed by atoms with van der Waals surface area (Å²) in [5, 5.41) is 0.808. The van der Waals surface area contributed by atoms with Gasteiger partial charge < -0.3 is 4.74 Å². The summed E-state index contributed by atoms with van der Waals surface area (Å²) in [7, 11) is 0. The van der Waals surface area contributed by atoms with Gasteiger partial charge in [-0.05, 0) is 24.3 Å². The van der Waals surface area contributed by atoms with Gasteiger partial charge in [0.15, 0.2) is 0 Å². The van der Waals surface area contributed by atoms with Gasteiger partial charge in [-0.3, -0.25) is 4.79 Å². The Morgan fingerprint density at radius 3 is 2.90 bits per heavy atom. The van der Waals surface area contributed by atoms with Crippen molar-refractivity contribution in [3.63, 3.8) is 0 Å². The normalized spacial score (nSPS) is 10.7. The number of rotatable bonds is 4. The Morgan fingerprint density at radius 1 is 1.25 bits per heavy atom. The highest BCUT2D eigenvalue weighted by molar-refractivity contribution is 7.18. The second-order valence-corrected chi connectivity index (χ2v) is 5.32. The number of carbonyl (C=O) groups is 1. The highest BCUT2D eigenvalue weighted by Crippen LogP contribution is 2.23. The van der Waals surface area contributed by atoms with Crippen LogP contribution >= 0.6 is 11.3 Å². The summed E-state index contributed by atoms with van der Waals surface area (Å²) in [4.78, 5) is 15.1. The van der Waals surface area contributed by atoms with Crippen LogP contribution in [0.3, 0.4) is 0 Å². The van der Waals surface area contributed by atoms with Crippen LogP contribution < -0.4 is 4.74 Å². The van der Waals surface area contributed by atoms with Gasteiger partial charge in [0, 0.05) is 11.6 Å². The summed E-state index contributed by atoms with van der Waals surface area (Å²) in [6.45, 7) is 0.251. The molecule has 0 amide bonds. The van der Waals surface area contributed by atoms with Gasteiger partial charge >= 0.3 is 0 Å². The first-order valence-corrected chi connectivity index (χ1v) is 6.79. The van der Waals surface area contributed by atoms with Crippen molar-refractivity contribution < 1.29 is 13.9 Å². The van der Waals surface area contributed by atoms with Crippen LogP contribution in [-0.4, -0.2) is 11.3 Å². The fourth-order valence-corrected chi connectivity index (χ4v) is 2.74. The molecule has 1 heterocycles. The summed E-state index contributed by atoms with van der Waals surface area (Å²) in [5.74, 6) is -0.166. The van der Waals surface area contributed by atoms with E-state index in [-0.39, 0.29) is 12.2 Å². The number of fused-ring (bicyclic) bond motifs is 1.